The molecule has 0 bridgehead atoms. The third kappa shape index (κ3) is 8.31. The Kier molecular flexibility index (Phi) is 6.92. The van der Waals surface area contributed by atoms with Crippen LogP contribution in [0.2, 0.25) is 0 Å². The Bertz CT molecular complexity index is 139. The van der Waals surface area contributed by atoms with E-state index < -0.39 is 12.6 Å². The van der Waals surface area contributed by atoms with Crippen molar-refractivity contribution in [2.24, 2.45) is 0 Å². The molecule has 0 aliphatic carbocycles. The van der Waals surface area contributed by atoms with Gasteiger partial charge in [-0.05, 0) is 13.0 Å². The number of hydrogen-bond acceptors (Lipinski definition) is 2. The molecule has 0 amide bonds. The summed E-state index contributed by atoms with van der Waals surface area (Å²) in [4.78, 5) is 0. The Morgan fingerprint density at radius 1 is 1.29 bits per heavy atom. The van der Waals surface area contributed by atoms with Crippen LogP contribution in [-0.4, -0.2) is 32.0 Å². The van der Waals surface area contributed by atoms with Crippen LogP contribution < -0.4 is 5.32 Å². The third-order valence-corrected chi connectivity index (χ3v) is 1.82. The van der Waals surface area contributed by atoms with Crippen molar-refractivity contribution in [1.29, 1.82) is 0 Å². The van der Waals surface area contributed by atoms with E-state index in [1.54, 1.807) is 0 Å². The summed E-state index contributed by atoms with van der Waals surface area (Å²) in [6.45, 7) is 5.02. The zero-order chi connectivity index (χ0) is 11.0. The monoisotopic (exact) mass is 213 g/mol. The molecule has 0 fully saturated rings. The molecule has 86 valence electrons. The Hall–Kier alpha value is -0.290. The molecule has 0 saturated heterocycles. The van der Waals surface area contributed by atoms with Gasteiger partial charge in [0.15, 0.2) is 0 Å². The van der Waals surface area contributed by atoms with Crippen molar-refractivity contribution in [2.45, 2.75) is 39.0 Å². The molecule has 0 aromatic carbocycles. The van der Waals surface area contributed by atoms with Crippen LogP contribution in [-0.2, 0) is 4.74 Å². The second-order valence-corrected chi connectivity index (χ2v) is 3.07. The van der Waals surface area contributed by atoms with E-state index in [9.17, 15) is 13.2 Å². The number of rotatable bonds is 7. The van der Waals surface area contributed by atoms with Crippen LogP contribution in [0.3, 0.4) is 0 Å². The summed E-state index contributed by atoms with van der Waals surface area (Å²) < 4.78 is 40.4. The Morgan fingerprint density at radius 2 is 1.93 bits per heavy atom. The van der Waals surface area contributed by atoms with Crippen molar-refractivity contribution in [3.05, 3.63) is 0 Å². The number of nitrogens with one attached hydrogen (secondary N) is 1. The summed E-state index contributed by atoms with van der Waals surface area (Å²) in [6, 6.07) is 0. The first-order valence-electron chi connectivity index (χ1n) is 4.88. The second-order valence-electron chi connectivity index (χ2n) is 3.07. The summed E-state index contributed by atoms with van der Waals surface area (Å²) >= 11 is 0. The van der Waals surface area contributed by atoms with Gasteiger partial charge in [0.05, 0.1) is 19.1 Å². The van der Waals surface area contributed by atoms with Gasteiger partial charge in [-0.25, -0.2) is 0 Å². The van der Waals surface area contributed by atoms with Gasteiger partial charge in [0.25, 0.3) is 0 Å². The van der Waals surface area contributed by atoms with Crippen LogP contribution in [0.5, 0.6) is 0 Å². The summed E-state index contributed by atoms with van der Waals surface area (Å²) in [7, 11) is 0. The molecule has 0 spiro atoms. The van der Waals surface area contributed by atoms with Crippen molar-refractivity contribution in [3.63, 3.8) is 0 Å². The van der Waals surface area contributed by atoms with E-state index >= 15 is 0 Å². The van der Waals surface area contributed by atoms with Crippen molar-refractivity contribution in [3.8, 4) is 0 Å². The number of alkyl halides is 3. The van der Waals surface area contributed by atoms with Crippen LogP contribution in [0.25, 0.3) is 0 Å². The fourth-order valence-electron chi connectivity index (χ4n) is 0.968. The minimum atomic E-state index is -4.11. The lowest BCUT2D eigenvalue weighted by Crippen LogP contribution is -2.29. The Labute approximate surface area is 82.8 Å². The highest BCUT2D eigenvalue weighted by Crippen LogP contribution is 2.19. The molecule has 1 atom stereocenters. The predicted octanol–water partition coefficient (Wildman–Crippen LogP) is 2.34. The lowest BCUT2D eigenvalue weighted by atomic mass is 10.2. The van der Waals surface area contributed by atoms with Crippen LogP contribution in [0.15, 0.2) is 0 Å². The van der Waals surface area contributed by atoms with Crippen LogP contribution in [0.1, 0.15) is 26.7 Å². The maximum absolute atomic E-state index is 11.8. The van der Waals surface area contributed by atoms with Gasteiger partial charge in [-0.1, -0.05) is 13.8 Å². The predicted molar refractivity (Wildman–Crippen MR) is 49.2 cm³/mol. The summed E-state index contributed by atoms with van der Waals surface area (Å²) in [5.74, 6) is 0. The molecule has 0 saturated carbocycles. The average molecular weight is 213 g/mol. The molecule has 0 radical (unpaired) electrons. The number of likely N-dealkylation sites (N-methyl/N-ethyl adjacent to an activating group) is 1. The van der Waals surface area contributed by atoms with Gasteiger partial charge >= 0.3 is 6.18 Å². The largest absolute Gasteiger partial charge is 0.391 e. The van der Waals surface area contributed by atoms with Crippen LogP contribution in [0.4, 0.5) is 13.2 Å². The van der Waals surface area contributed by atoms with Crippen molar-refractivity contribution in [2.75, 3.05) is 19.7 Å². The van der Waals surface area contributed by atoms with Crippen molar-refractivity contribution < 1.29 is 17.9 Å². The smallest absolute Gasteiger partial charge is 0.377 e. The van der Waals surface area contributed by atoms with Crippen molar-refractivity contribution >= 4 is 0 Å². The van der Waals surface area contributed by atoms with Gasteiger partial charge in [-0.2, -0.15) is 13.2 Å². The summed E-state index contributed by atoms with van der Waals surface area (Å²) in [5, 5.41) is 3.04. The number of hydrogen-bond donors (Lipinski definition) is 1. The number of ether oxygens (including phenoxy) is 1. The van der Waals surface area contributed by atoms with E-state index in [0.717, 1.165) is 13.0 Å². The molecule has 0 rings (SSSR count). The van der Waals surface area contributed by atoms with E-state index in [0.29, 0.717) is 6.54 Å². The SMILES string of the molecule is CCNCC(CC)OCCC(F)(F)F. The molecule has 0 aliphatic rings. The topological polar surface area (TPSA) is 21.3 Å². The van der Waals surface area contributed by atoms with Gasteiger partial charge in [0.2, 0.25) is 0 Å². The minimum absolute atomic E-state index is 0.114. The second kappa shape index (κ2) is 7.06. The van der Waals surface area contributed by atoms with Gasteiger partial charge in [0.1, 0.15) is 0 Å². The molecule has 14 heavy (non-hydrogen) atoms. The molecular formula is C9H18F3NO. The molecule has 5 heteroatoms. The van der Waals surface area contributed by atoms with Crippen LogP contribution in [0, 0.1) is 0 Å². The van der Waals surface area contributed by atoms with Gasteiger partial charge < -0.3 is 10.1 Å². The number of halogens is 3. The fraction of sp³-hybridized carbons (Fsp3) is 1.00. The van der Waals surface area contributed by atoms with E-state index in [4.69, 9.17) is 4.74 Å². The quantitative estimate of drug-likeness (QED) is 0.701. The minimum Gasteiger partial charge on any atom is -0.377 e. The zero-order valence-corrected chi connectivity index (χ0v) is 8.66. The fourth-order valence-corrected chi connectivity index (χ4v) is 0.968. The maximum Gasteiger partial charge on any atom is 0.391 e. The lowest BCUT2D eigenvalue weighted by molar-refractivity contribution is -0.149. The van der Waals surface area contributed by atoms with E-state index in [1.807, 2.05) is 13.8 Å². The molecule has 0 aromatic heterocycles. The molecule has 0 aliphatic heterocycles. The molecule has 0 aromatic rings. The third-order valence-electron chi connectivity index (χ3n) is 1.82. The van der Waals surface area contributed by atoms with Gasteiger partial charge in [-0.3, -0.25) is 0 Å². The highest BCUT2D eigenvalue weighted by molar-refractivity contribution is 4.59. The maximum atomic E-state index is 11.8. The molecule has 1 N–H and O–H groups in total. The van der Waals surface area contributed by atoms with Gasteiger partial charge in [0, 0.05) is 6.54 Å². The zero-order valence-electron chi connectivity index (χ0n) is 8.66. The highest BCUT2D eigenvalue weighted by Gasteiger charge is 2.26. The van der Waals surface area contributed by atoms with Crippen LogP contribution >= 0.6 is 0 Å². The average Bonchev–Trinajstić information content (AvgIpc) is 2.09. The normalized spacial score (nSPS) is 14.4. The lowest BCUT2D eigenvalue weighted by Gasteiger charge is -2.16. The first-order chi connectivity index (χ1) is 6.49. The molecule has 2 nitrogen and oxygen atoms in total. The first-order valence-corrected chi connectivity index (χ1v) is 4.88. The van der Waals surface area contributed by atoms with Gasteiger partial charge in [-0.15, -0.1) is 0 Å². The molecule has 0 heterocycles. The van der Waals surface area contributed by atoms with E-state index in [2.05, 4.69) is 5.32 Å². The first kappa shape index (κ1) is 13.7. The summed E-state index contributed by atoms with van der Waals surface area (Å²) in [5.41, 5.74) is 0. The Morgan fingerprint density at radius 3 is 2.36 bits per heavy atom. The van der Waals surface area contributed by atoms with E-state index in [-0.39, 0.29) is 12.7 Å². The Balaban J connectivity index is 3.52. The summed E-state index contributed by atoms with van der Waals surface area (Å²) in [6.07, 6.45) is -4.37. The highest BCUT2D eigenvalue weighted by atomic mass is 19.4. The van der Waals surface area contributed by atoms with E-state index in [1.165, 1.54) is 0 Å². The standard InChI is InChI=1S/C9H18F3NO/c1-3-8(7-13-4-2)14-6-5-9(10,11)12/h8,13H,3-7H2,1-2H3. The van der Waals surface area contributed by atoms with Crippen molar-refractivity contribution in [1.82, 2.24) is 5.32 Å². The molecule has 1 unspecified atom stereocenters. The molecular weight excluding hydrogens is 195 g/mol.